The zero-order valence-corrected chi connectivity index (χ0v) is 19.4. The zero-order valence-electron chi connectivity index (χ0n) is 19.4. The molecule has 0 aromatic carbocycles. The van der Waals surface area contributed by atoms with Gasteiger partial charge in [-0.1, -0.05) is 0 Å². The lowest BCUT2D eigenvalue weighted by Gasteiger charge is -2.23. The van der Waals surface area contributed by atoms with Gasteiger partial charge in [-0.25, -0.2) is 19.6 Å². The van der Waals surface area contributed by atoms with Gasteiger partial charge in [0, 0.05) is 46.5 Å². The van der Waals surface area contributed by atoms with Crippen molar-refractivity contribution < 1.29 is 14.3 Å². The quantitative estimate of drug-likeness (QED) is 0.512. The first kappa shape index (κ1) is 23.1. The van der Waals surface area contributed by atoms with Gasteiger partial charge in [-0.3, -0.25) is 18.7 Å². The van der Waals surface area contributed by atoms with Gasteiger partial charge >= 0.3 is 11.7 Å². The summed E-state index contributed by atoms with van der Waals surface area (Å²) in [5.41, 5.74) is -0.191. The standard InChI is InChI=1S/C23H26N6O5/c1-4-34-22(32)15-6-9-18(24-14-15)28-10-5-11-29(13-12-28)21(31)17-8-7-16-19(25-17)26(2)23(33)27(3)20(16)30/h6-9,14H,4-5,10-13H2,1-3H3. The molecular weight excluding hydrogens is 440 g/mol. The van der Waals surface area contributed by atoms with E-state index in [1.54, 1.807) is 24.0 Å². The van der Waals surface area contributed by atoms with Gasteiger partial charge in [0.2, 0.25) is 0 Å². The highest BCUT2D eigenvalue weighted by Crippen LogP contribution is 2.16. The molecule has 1 fully saturated rings. The third-order valence-electron chi connectivity index (χ3n) is 5.89. The van der Waals surface area contributed by atoms with E-state index >= 15 is 0 Å². The van der Waals surface area contributed by atoms with E-state index in [-0.39, 0.29) is 22.6 Å². The van der Waals surface area contributed by atoms with E-state index in [9.17, 15) is 19.2 Å². The van der Waals surface area contributed by atoms with Crippen molar-refractivity contribution in [3.8, 4) is 0 Å². The van der Waals surface area contributed by atoms with Gasteiger partial charge in [0.1, 0.15) is 17.2 Å². The van der Waals surface area contributed by atoms with Crippen LogP contribution in [0.15, 0.2) is 40.1 Å². The number of aryl methyl sites for hydroxylation is 1. The Hall–Kier alpha value is -4.02. The van der Waals surface area contributed by atoms with Crippen LogP contribution in [0.2, 0.25) is 0 Å². The summed E-state index contributed by atoms with van der Waals surface area (Å²) in [6.45, 7) is 4.30. The molecule has 11 nitrogen and oxygen atoms in total. The molecule has 0 atom stereocenters. The fourth-order valence-electron chi connectivity index (χ4n) is 3.99. The Kier molecular flexibility index (Phi) is 6.44. The Morgan fingerprint density at radius 1 is 1.00 bits per heavy atom. The number of ether oxygens (including phenoxy) is 1. The van der Waals surface area contributed by atoms with Crippen molar-refractivity contribution in [3.05, 3.63) is 62.6 Å². The van der Waals surface area contributed by atoms with Gasteiger partial charge in [-0.05, 0) is 37.6 Å². The summed E-state index contributed by atoms with van der Waals surface area (Å²) in [6.07, 6.45) is 2.22. The van der Waals surface area contributed by atoms with Crippen molar-refractivity contribution in [3.63, 3.8) is 0 Å². The molecule has 1 aliphatic heterocycles. The Bertz CT molecular complexity index is 1360. The van der Waals surface area contributed by atoms with Crippen LogP contribution in [-0.2, 0) is 18.8 Å². The topological polar surface area (TPSA) is 120 Å². The Balaban J connectivity index is 1.51. The molecule has 0 unspecified atom stereocenters. The van der Waals surface area contributed by atoms with Crippen molar-refractivity contribution in [2.75, 3.05) is 37.7 Å². The van der Waals surface area contributed by atoms with Gasteiger partial charge in [-0.15, -0.1) is 0 Å². The summed E-state index contributed by atoms with van der Waals surface area (Å²) in [4.78, 5) is 62.1. The highest BCUT2D eigenvalue weighted by Gasteiger charge is 2.23. The van der Waals surface area contributed by atoms with Gasteiger partial charge < -0.3 is 14.5 Å². The molecule has 4 rings (SSSR count). The van der Waals surface area contributed by atoms with Crippen LogP contribution >= 0.6 is 0 Å². The number of carbonyl (C=O) groups excluding carboxylic acids is 2. The smallest absolute Gasteiger partial charge is 0.339 e. The van der Waals surface area contributed by atoms with Crippen molar-refractivity contribution in [1.82, 2.24) is 24.0 Å². The van der Waals surface area contributed by atoms with Crippen molar-refractivity contribution in [2.45, 2.75) is 13.3 Å². The number of esters is 1. The van der Waals surface area contributed by atoms with E-state index in [2.05, 4.69) is 14.9 Å². The van der Waals surface area contributed by atoms with Crippen LogP contribution in [0.5, 0.6) is 0 Å². The summed E-state index contributed by atoms with van der Waals surface area (Å²) in [6, 6.07) is 6.52. The lowest BCUT2D eigenvalue weighted by molar-refractivity contribution is 0.0525. The number of fused-ring (bicyclic) bond motifs is 1. The number of hydrogen-bond donors (Lipinski definition) is 0. The first-order chi connectivity index (χ1) is 16.3. The monoisotopic (exact) mass is 466 g/mol. The third-order valence-corrected chi connectivity index (χ3v) is 5.89. The van der Waals surface area contributed by atoms with Gasteiger partial charge in [-0.2, -0.15) is 0 Å². The molecule has 0 spiro atoms. The maximum absolute atomic E-state index is 13.2. The molecule has 0 saturated carbocycles. The number of anilines is 1. The molecule has 3 aromatic rings. The van der Waals surface area contributed by atoms with E-state index in [0.29, 0.717) is 38.3 Å². The Morgan fingerprint density at radius 3 is 2.50 bits per heavy atom. The van der Waals surface area contributed by atoms with Crippen molar-refractivity contribution >= 4 is 28.7 Å². The second-order valence-corrected chi connectivity index (χ2v) is 8.03. The zero-order chi connectivity index (χ0) is 24.4. The number of pyridine rings is 2. The second kappa shape index (κ2) is 9.46. The molecule has 0 bridgehead atoms. The molecule has 0 aliphatic carbocycles. The molecule has 0 N–H and O–H groups in total. The summed E-state index contributed by atoms with van der Waals surface area (Å²) >= 11 is 0. The highest BCUT2D eigenvalue weighted by atomic mass is 16.5. The predicted molar refractivity (Wildman–Crippen MR) is 125 cm³/mol. The summed E-state index contributed by atoms with van der Waals surface area (Å²) < 4.78 is 7.27. The molecular formula is C23H26N6O5. The molecule has 0 radical (unpaired) electrons. The van der Waals surface area contributed by atoms with Crippen LogP contribution in [0.3, 0.4) is 0 Å². The van der Waals surface area contributed by atoms with Crippen LogP contribution in [0.25, 0.3) is 11.0 Å². The average Bonchev–Trinajstić information content (AvgIpc) is 3.12. The van der Waals surface area contributed by atoms with Gasteiger partial charge in [0.05, 0.1) is 17.6 Å². The first-order valence-electron chi connectivity index (χ1n) is 11.1. The van der Waals surface area contributed by atoms with Crippen molar-refractivity contribution in [1.29, 1.82) is 0 Å². The summed E-state index contributed by atoms with van der Waals surface area (Å²) in [7, 11) is 2.93. The minimum atomic E-state index is -0.499. The van der Waals surface area contributed by atoms with Gasteiger partial charge in [0.25, 0.3) is 11.5 Å². The van der Waals surface area contributed by atoms with Crippen LogP contribution in [0.1, 0.15) is 34.2 Å². The second-order valence-electron chi connectivity index (χ2n) is 8.03. The Morgan fingerprint density at radius 2 is 1.79 bits per heavy atom. The van der Waals surface area contributed by atoms with Gasteiger partial charge in [0.15, 0.2) is 0 Å². The fourth-order valence-corrected chi connectivity index (χ4v) is 3.99. The lowest BCUT2D eigenvalue weighted by Crippen LogP contribution is -2.38. The van der Waals surface area contributed by atoms with Crippen LogP contribution in [0, 0.1) is 0 Å². The number of amides is 1. The molecule has 1 amide bonds. The maximum Gasteiger partial charge on any atom is 0.339 e. The van der Waals surface area contributed by atoms with E-state index in [1.807, 2.05) is 0 Å². The van der Waals surface area contributed by atoms with Crippen LogP contribution < -0.4 is 16.1 Å². The summed E-state index contributed by atoms with van der Waals surface area (Å²) in [5.74, 6) is 0.0481. The summed E-state index contributed by atoms with van der Waals surface area (Å²) in [5, 5.41) is 0.278. The molecule has 4 heterocycles. The SMILES string of the molecule is CCOC(=O)c1ccc(N2CCCN(C(=O)c3ccc4c(=O)n(C)c(=O)n(C)c4n3)CC2)nc1. The largest absolute Gasteiger partial charge is 0.462 e. The van der Waals surface area contributed by atoms with E-state index in [4.69, 9.17) is 4.74 Å². The van der Waals surface area contributed by atoms with E-state index in [1.165, 1.54) is 37.0 Å². The minimum absolute atomic E-state index is 0.182. The fraction of sp³-hybridized carbons (Fsp3) is 0.391. The molecule has 3 aromatic heterocycles. The number of hydrogen-bond acceptors (Lipinski definition) is 8. The minimum Gasteiger partial charge on any atom is -0.462 e. The number of carbonyl (C=O) groups is 2. The normalized spacial score (nSPS) is 14.2. The molecule has 1 aliphatic rings. The predicted octanol–water partition coefficient (Wildman–Crippen LogP) is 0.556. The lowest BCUT2D eigenvalue weighted by atomic mass is 10.2. The molecule has 11 heteroatoms. The number of aromatic nitrogens is 4. The maximum atomic E-state index is 13.2. The third kappa shape index (κ3) is 4.28. The molecule has 1 saturated heterocycles. The van der Waals surface area contributed by atoms with E-state index in [0.717, 1.165) is 16.8 Å². The highest BCUT2D eigenvalue weighted by molar-refractivity contribution is 5.94. The number of rotatable bonds is 4. The number of nitrogens with zero attached hydrogens (tertiary/aromatic N) is 6. The molecule has 178 valence electrons. The van der Waals surface area contributed by atoms with Crippen molar-refractivity contribution in [2.24, 2.45) is 14.1 Å². The van der Waals surface area contributed by atoms with Crippen LogP contribution in [-0.4, -0.2) is 68.7 Å². The first-order valence-corrected chi connectivity index (χ1v) is 11.1. The average molecular weight is 466 g/mol. The van der Waals surface area contributed by atoms with Crippen LogP contribution in [0.4, 0.5) is 5.82 Å². The molecule has 34 heavy (non-hydrogen) atoms. The Labute approximate surface area is 195 Å². The van der Waals surface area contributed by atoms with E-state index < -0.39 is 17.2 Å².